The number of ether oxygens (including phenoxy) is 1. The van der Waals surface area contributed by atoms with E-state index >= 15 is 0 Å². The molecule has 0 bridgehead atoms. The van der Waals surface area contributed by atoms with E-state index in [1.165, 1.54) is 13.0 Å². The van der Waals surface area contributed by atoms with Gasteiger partial charge in [-0.3, -0.25) is 19.2 Å². The van der Waals surface area contributed by atoms with Crippen molar-refractivity contribution in [3.8, 4) is 0 Å². The molecule has 0 radical (unpaired) electrons. The molecule has 45 heavy (non-hydrogen) atoms. The average Bonchev–Trinajstić information content (AvgIpc) is 3.06. The Bertz CT molecular complexity index is 1290. The third-order valence-corrected chi connectivity index (χ3v) is 5.49. The number of hydrogen-bond donors (Lipinski definition) is 4. The highest BCUT2D eigenvalue weighted by molar-refractivity contribution is 6.35. The molecule has 0 spiro atoms. The van der Waals surface area contributed by atoms with E-state index in [1.54, 1.807) is 44.6 Å². The number of amides is 3. The molecule has 0 saturated carbocycles. The minimum Gasteiger partial charge on any atom is -0.400 e. The minimum absolute atomic E-state index is 0. The van der Waals surface area contributed by atoms with Crippen LogP contribution in [0, 0.1) is 0 Å². The second-order valence-electron chi connectivity index (χ2n) is 8.57. The van der Waals surface area contributed by atoms with Crippen LogP contribution in [0.5, 0.6) is 0 Å². The zero-order valence-corrected chi connectivity index (χ0v) is 27.7. The molecular weight excluding hydrogens is 570 g/mol. The first kappa shape index (κ1) is 45.1. The molecule has 0 aliphatic heterocycles. The van der Waals surface area contributed by atoms with Crippen molar-refractivity contribution in [2.45, 2.75) is 68.0 Å². The van der Waals surface area contributed by atoms with Gasteiger partial charge >= 0.3 is 11.8 Å². The van der Waals surface area contributed by atoms with Crippen LogP contribution in [0.3, 0.4) is 0 Å². The summed E-state index contributed by atoms with van der Waals surface area (Å²) in [6, 6.07) is 20.7. The number of ketones is 1. The molecule has 3 aromatic carbocycles. The highest BCUT2D eigenvalue weighted by Gasteiger charge is 2.18. The molecule has 9 heteroatoms. The van der Waals surface area contributed by atoms with Crippen LogP contribution >= 0.6 is 0 Å². The molecule has 0 fully saturated rings. The summed E-state index contributed by atoms with van der Waals surface area (Å²) in [5.41, 5.74) is 2.03. The Morgan fingerprint density at radius 2 is 1.36 bits per heavy atom. The number of hydrogen-bond acceptors (Lipinski definition) is 6. The molecule has 1 atom stereocenters. The summed E-state index contributed by atoms with van der Waals surface area (Å²) in [6.45, 7) is 11.6. The Hall–Kier alpha value is -4.34. The number of nitrogens with one attached hydrogen (secondary N) is 3. The van der Waals surface area contributed by atoms with Gasteiger partial charge in [0.1, 0.15) is 0 Å². The topological polar surface area (TPSA) is 134 Å². The zero-order valence-electron chi connectivity index (χ0n) is 27.7. The third-order valence-electron chi connectivity index (χ3n) is 5.49. The summed E-state index contributed by atoms with van der Waals surface area (Å²) in [5.74, 6) is -1.91. The highest BCUT2D eigenvalue weighted by atomic mass is 16.4. The first-order valence-corrected chi connectivity index (χ1v) is 14.7. The van der Waals surface area contributed by atoms with Crippen LogP contribution in [0.4, 0.5) is 0 Å². The van der Waals surface area contributed by atoms with Gasteiger partial charge in [0.05, 0.1) is 6.04 Å². The summed E-state index contributed by atoms with van der Waals surface area (Å²) >= 11 is 0. The van der Waals surface area contributed by atoms with Crippen LogP contribution in [0.2, 0.25) is 0 Å². The molecule has 3 amide bonds. The van der Waals surface area contributed by atoms with E-state index < -0.39 is 11.8 Å². The average molecular weight is 626 g/mol. The minimum atomic E-state index is -0.792. The van der Waals surface area contributed by atoms with Crippen LogP contribution in [0.1, 0.15) is 82.9 Å². The van der Waals surface area contributed by atoms with Crippen LogP contribution < -0.4 is 16.0 Å². The quantitative estimate of drug-likeness (QED) is 0.128. The molecular formula is C36H55N3O6. The van der Waals surface area contributed by atoms with Gasteiger partial charge in [-0.2, -0.15) is 0 Å². The second-order valence-corrected chi connectivity index (χ2v) is 8.57. The predicted molar refractivity (Wildman–Crippen MR) is 186 cm³/mol. The maximum absolute atomic E-state index is 13.1. The molecule has 0 aromatic heterocycles. The van der Waals surface area contributed by atoms with Crippen LogP contribution in [-0.4, -0.2) is 56.5 Å². The lowest BCUT2D eigenvalue weighted by atomic mass is 9.99. The van der Waals surface area contributed by atoms with Crippen LogP contribution in [0.25, 0.3) is 10.8 Å². The van der Waals surface area contributed by atoms with E-state index in [0.29, 0.717) is 17.5 Å². The van der Waals surface area contributed by atoms with Crippen molar-refractivity contribution in [2.75, 3.05) is 27.9 Å². The molecule has 250 valence electrons. The van der Waals surface area contributed by atoms with Crippen LogP contribution in [0.15, 0.2) is 78.9 Å². The summed E-state index contributed by atoms with van der Waals surface area (Å²) in [7, 11) is 4.25. The van der Waals surface area contributed by atoms with Crippen LogP contribution in [-0.2, 0) is 25.7 Å². The number of carbonyl (C=O) groups is 4. The van der Waals surface area contributed by atoms with Gasteiger partial charge in [0.2, 0.25) is 0 Å². The number of aliphatic hydroxyl groups excluding tert-OH is 1. The molecule has 4 N–H and O–H groups in total. The predicted octanol–water partition coefficient (Wildman–Crippen LogP) is 6.16. The molecule has 3 rings (SSSR count). The Kier molecular flexibility index (Phi) is 28.5. The van der Waals surface area contributed by atoms with Gasteiger partial charge in [-0.1, -0.05) is 102 Å². The third kappa shape index (κ3) is 17.5. The summed E-state index contributed by atoms with van der Waals surface area (Å²) in [4.78, 5) is 48.1. The van der Waals surface area contributed by atoms with Crippen molar-refractivity contribution in [3.05, 3.63) is 95.6 Å². The molecule has 0 aliphatic rings. The first-order valence-electron chi connectivity index (χ1n) is 14.7. The van der Waals surface area contributed by atoms with Gasteiger partial charge in [0, 0.05) is 40.0 Å². The van der Waals surface area contributed by atoms with Gasteiger partial charge in [-0.05, 0) is 54.3 Å². The SMILES string of the molecule is C.CC.CC.CC(=O)/C=C/CCNC(=O)C(=O)NCc1ccccc1C(=O)NC(C)c1cccc2ccccc12.CO.COC. The molecule has 0 saturated heterocycles. The fraction of sp³-hybridized carbons (Fsp3) is 0.389. The van der Waals surface area contributed by atoms with Crippen molar-refractivity contribution in [2.24, 2.45) is 0 Å². The Balaban J connectivity index is -0.00000160. The largest absolute Gasteiger partial charge is 0.400 e. The number of methoxy groups -OCH3 is 1. The highest BCUT2D eigenvalue weighted by Crippen LogP contribution is 2.24. The maximum atomic E-state index is 13.1. The zero-order chi connectivity index (χ0) is 33.9. The van der Waals surface area contributed by atoms with Gasteiger partial charge < -0.3 is 25.8 Å². The fourth-order valence-corrected chi connectivity index (χ4v) is 3.73. The molecule has 0 aliphatic carbocycles. The van der Waals surface area contributed by atoms with Crippen molar-refractivity contribution in [1.29, 1.82) is 0 Å². The number of allylic oxidation sites excluding steroid dienone is 1. The van der Waals surface area contributed by atoms with E-state index in [1.807, 2.05) is 77.1 Å². The monoisotopic (exact) mass is 625 g/mol. The number of aliphatic hydroxyl groups is 1. The Labute approximate surface area is 270 Å². The molecule has 3 aromatic rings. The lowest BCUT2D eigenvalue weighted by Gasteiger charge is -2.18. The number of fused-ring (bicyclic) bond motifs is 1. The van der Waals surface area contributed by atoms with E-state index in [9.17, 15) is 19.2 Å². The number of rotatable bonds is 9. The lowest BCUT2D eigenvalue weighted by molar-refractivity contribution is -0.139. The van der Waals surface area contributed by atoms with E-state index in [4.69, 9.17) is 5.11 Å². The van der Waals surface area contributed by atoms with E-state index in [0.717, 1.165) is 23.4 Å². The number of benzene rings is 3. The lowest BCUT2D eigenvalue weighted by Crippen LogP contribution is -2.40. The maximum Gasteiger partial charge on any atom is 0.309 e. The van der Waals surface area contributed by atoms with Gasteiger partial charge in [-0.25, -0.2) is 0 Å². The summed E-state index contributed by atoms with van der Waals surface area (Å²) < 4.78 is 4.25. The van der Waals surface area contributed by atoms with Crippen molar-refractivity contribution in [3.63, 3.8) is 0 Å². The van der Waals surface area contributed by atoms with Crippen molar-refractivity contribution < 1.29 is 29.0 Å². The Morgan fingerprint density at radius 3 is 1.98 bits per heavy atom. The fourth-order valence-electron chi connectivity index (χ4n) is 3.73. The van der Waals surface area contributed by atoms with Gasteiger partial charge in [0.25, 0.3) is 5.91 Å². The molecule has 1 unspecified atom stereocenters. The van der Waals surface area contributed by atoms with Gasteiger partial charge in [0.15, 0.2) is 5.78 Å². The Morgan fingerprint density at radius 1 is 0.822 bits per heavy atom. The smallest absolute Gasteiger partial charge is 0.309 e. The standard InChI is InChI=1S/C28H29N3O4.C2H6O.2C2H6.CH4O.CH4/c1-19(32)10-7-8-17-29-27(34)28(35)30-18-22-12-4-6-15-25(22)26(33)31-20(2)23-16-9-13-21-11-3-5-14-24(21)23;1-3-2;3*1-2;/h3-7,9-16,20H,8,17-18H2,1-2H3,(H,29,34)(H,30,35)(H,31,33);1-2H3;2*1-2H3;2H,1H3;1H4/b10-7+;;;;;. The van der Waals surface area contributed by atoms with Crippen molar-refractivity contribution in [1.82, 2.24) is 16.0 Å². The summed E-state index contributed by atoms with van der Waals surface area (Å²) in [5, 5.41) is 17.3. The van der Waals surface area contributed by atoms with Crippen molar-refractivity contribution >= 4 is 34.3 Å². The van der Waals surface area contributed by atoms with E-state index in [-0.39, 0.29) is 38.2 Å². The molecule has 0 heterocycles. The summed E-state index contributed by atoms with van der Waals surface area (Å²) in [6.07, 6.45) is 3.49. The number of carbonyl (C=O) groups excluding carboxylic acids is 4. The normalized spacial score (nSPS) is 9.91. The first-order chi connectivity index (χ1) is 21.3. The van der Waals surface area contributed by atoms with E-state index in [2.05, 4.69) is 20.7 Å². The van der Waals surface area contributed by atoms with Gasteiger partial charge in [-0.15, -0.1) is 0 Å². The second kappa shape index (κ2) is 28.4. The molecule has 9 nitrogen and oxygen atoms in total.